The third kappa shape index (κ3) is 3.53. The molecule has 6 nitrogen and oxygen atoms in total. The van der Waals surface area contributed by atoms with Gasteiger partial charge in [-0.05, 0) is 18.1 Å². The molecule has 1 aromatic carbocycles. The van der Waals surface area contributed by atoms with Crippen LogP contribution >= 0.6 is 11.6 Å². The van der Waals surface area contributed by atoms with Gasteiger partial charge in [0.05, 0.1) is 19.7 Å². The molecule has 1 heterocycles. The minimum absolute atomic E-state index is 0.00167. The Kier molecular flexibility index (Phi) is 4.50. The van der Waals surface area contributed by atoms with Crippen molar-refractivity contribution in [1.82, 2.24) is 10.5 Å². The fraction of sp³-hybridized carbons (Fsp3) is 0.286. The minimum Gasteiger partial charge on any atom is -0.479 e. The van der Waals surface area contributed by atoms with Crippen LogP contribution in [-0.4, -0.2) is 29.8 Å². The number of benzene rings is 1. The predicted molar refractivity (Wildman–Crippen MR) is 76.4 cm³/mol. The summed E-state index contributed by atoms with van der Waals surface area (Å²) in [6.07, 6.45) is 0. The highest BCUT2D eigenvalue weighted by molar-refractivity contribution is 6.31. The quantitative estimate of drug-likeness (QED) is 0.882. The van der Waals surface area contributed by atoms with Crippen LogP contribution in [0.25, 0.3) is 0 Å². The first-order chi connectivity index (χ1) is 9.94. The van der Waals surface area contributed by atoms with E-state index in [2.05, 4.69) is 10.5 Å². The fourth-order valence-corrected chi connectivity index (χ4v) is 2.13. The van der Waals surface area contributed by atoms with E-state index >= 15 is 0 Å². The van der Waals surface area contributed by atoms with Gasteiger partial charge in [0.2, 0.25) is 5.76 Å². The smallest absolute Gasteiger partial charge is 0.290 e. The molecule has 0 aliphatic heterocycles. The van der Waals surface area contributed by atoms with Crippen molar-refractivity contribution in [2.45, 2.75) is 12.5 Å². The van der Waals surface area contributed by atoms with Gasteiger partial charge in [0, 0.05) is 10.6 Å². The summed E-state index contributed by atoms with van der Waals surface area (Å²) in [7, 11) is 1.42. The highest BCUT2D eigenvalue weighted by atomic mass is 35.5. The summed E-state index contributed by atoms with van der Waals surface area (Å²) in [4.78, 5) is 11.9. The number of methoxy groups -OCH3 is 1. The lowest BCUT2D eigenvalue weighted by atomic mass is 9.96. The topological polar surface area (TPSA) is 84.6 Å². The van der Waals surface area contributed by atoms with E-state index in [1.807, 2.05) is 0 Å². The van der Waals surface area contributed by atoms with E-state index in [0.717, 1.165) is 0 Å². The van der Waals surface area contributed by atoms with Crippen molar-refractivity contribution in [3.63, 3.8) is 0 Å². The van der Waals surface area contributed by atoms with Gasteiger partial charge in [-0.3, -0.25) is 4.79 Å². The maximum Gasteiger partial charge on any atom is 0.290 e. The Morgan fingerprint density at radius 2 is 2.24 bits per heavy atom. The molecular weight excluding hydrogens is 296 g/mol. The molecule has 0 spiro atoms. The Morgan fingerprint density at radius 1 is 1.52 bits per heavy atom. The van der Waals surface area contributed by atoms with Gasteiger partial charge in [-0.1, -0.05) is 29.8 Å². The molecule has 2 N–H and O–H groups in total. The molecule has 0 saturated heterocycles. The summed E-state index contributed by atoms with van der Waals surface area (Å²) < 4.78 is 9.64. The lowest BCUT2D eigenvalue weighted by Gasteiger charge is -2.24. The van der Waals surface area contributed by atoms with Crippen molar-refractivity contribution in [2.75, 3.05) is 13.7 Å². The van der Waals surface area contributed by atoms with E-state index < -0.39 is 11.5 Å². The molecule has 0 fully saturated rings. The van der Waals surface area contributed by atoms with Crippen LogP contribution in [0.2, 0.25) is 5.02 Å². The third-order valence-corrected chi connectivity index (χ3v) is 3.30. The second kappa shape index (κ2) is 6.15. The zero-order valence-electron chi connectivity index (χ0n) is 11.6. The Balaban J connectivity index is 2.04. The molecule has 0 aliphatic rings. The van der Waals surface area contributed by atoms with Crippen molar-refractivity contribution < 1.29 is 19.2 Å². The number of aromatic nitrogens is 1. The highest BCUT2D eigenvalue weighted by Crippen LogP contribution is 2.27. The average Bonchev–Trinajstić information content (AvgIpc) is 2.94. The van der Waals surface area contributed by atoms with Gasteiger partial charge in [0.1, 0.15) is 5.60 Å². The Labute approximate surface area is 126 Å². The van der Waals surface area contributed by atoms with Crippen LogP contribution in [0.5, 0.6) is 5.88 Å². The van der Waals surface area contributed by atoms with Gasteiger partial charge in [-0.2, -0.15) is 0 Å². The molecule has 1 amide bonds. The second-order valence-electron chi connectivity index (χ2n) is 4.67. The number of carbonyl (C=O) groups excluding carboxylic acids is 1. The molecule has 1 atom stereocenters. The molecule has 2 rings (SSSR count). The number of nitrogens with zero attached hydrogens (tertiary/aromatic N) is 1. The van der Waals surface area contributed by atoms with E-state index in [4.69, 9.17) is 20.9 Å². The van der Waals surface area contributed by atoms with Crippen molar-refractivity contribution in [3.8, 4) is 5.88 Å². The Bertz CT molecular complexity index is 639. The molecule has 112 valence electrons. The summed E-state index contributed by atoms with van der Waals surface area (Å²) in [5.41, 5.74) is -0.778. The number of hydrogen-bond donors (Lipinski definition) is 2. The second-order valence-corrected chi connectivity index (χ2v) is 5.08. The summed E-state index contributed by atoms with van der Waals surface area (Å²) in [6, 6.07) is 8.26. The average molecular weight is 311 g/mol. The maximum absolute atomic E-state index is 11.9. The zero-order valence-corrected chi connectivity index (χ0v) is 12.3. The fourth-order valence-electron chi connectivity index (χ4n) is 1.79. The molecule has 21 heavy (non-hydrogen) atoms. The lowest BCUT2D eigenvalue weighted by molar-refractivity contribution is 0.0517. The van der Waals surface area contributed by atoms with Gasteiger partial charge in [-0.25, -0.2) is 0 Å². The molecular formula is C14H15ClN2O4. The van der Waals surface area contributed by atoms with Gasteiger partial charge in [0.15, 0.2) is 0 Å². The molecule has 0 unspecified atom stereocenters. The van der Waals surface area contributed by atoms with Crippen molar-refractivity contribution in [2.24, 2.45) is 0 Å². The molecule has 0 saturated carbocycles. The number of nitrogens with one attached hydrogen (secondary N) is 1. The van der Waals surface area contributed by atoms with Gasteiger partial charge < -0.3 is 19.7 Å². The first-order valence-corrected chi connectivity index (χ1v) is 6.58. The van der Waals surface area contributed by atoms with E-state index in [1.165, 1.54) is 13.2 Å². The van der Waals surface area contributed by atoms with E-state index in [-0.39, 0.29) is 18.2 Å². The number of rotatable bonds is 5. The first kappa shape index (κ1) is 15.3. The number of amides is 1. The normalized spacial score (nSPS) is 13.5. The molecule has 0 aliphatic carbocycles. The number of carbonyl (C=O) groups is 1. The lowest BCUT2D eigenvalue weighted by Crippen LogP contribution is -2.38. The summed E-state index contributed by atoms with van der Waals surface area (Å²) >= 11 is 6.05. The van der Waals surface area contributed by atoms with Gasteiger partial charge in [-0.15, -0.1) is 0 Å². The van der Waals surface area contributed by atoms with Crippen LogP contribution < -0.4 is 10.1 Å². The Hall–Kier alpha value is -2.05. The molecule has 0 bridgehead atoms. The molecule has 2 aromatic rings. The first-order valence-electron chi connectivity index (χ1n) is 6.20. The van der Waals surface area contributed by atoms with Crippen molar-refractivity contribution >= 4 is 17.5 Å². The Morgan fingerprint density at radius 3 is 2.86 bits per heavy atom. The molecule has 1 aromatic heterocycles. The number of halogens is 1. The van der Waals surface area contributed by atoms with Crippen LogP contribution in [0, 0.1) is 0 Å². The van der Waals surface area contributed by atoms with Crippen molar-refractivity contribution in [3.05, 3.63) is 46.7 Å². The molecule has 0 radical (unpaired) electrons. The van der Waals surface area contributed by atoms with Gasteiger partial charge >= 0.3 is 0 Å². The predicted octanol–water partition coefficient (Wildman–Crippen LogP) is 1.97. The zero-order chi connectivity index (χ0) is 15.5. The summed E-state index contributed by atoms with van der Waals surface area (Å²) in [5.74, 6) is -0.294. The van der Waals surface area contributed by atoms with E-state index in [0.29, 0.717) is 10.6 Å². The van der Waals surface area contributed by atoms with Crippen LogP contribution in [0.3, 0.4) is 0 Å². The van der Waals surface area contributed by atoms with Crippen LogP contribution in [0.1, 0.15) is 23.0 Å². The van der Waals surface area contributed by atoms with Crippen LogP contribution in [-0.2, 0) is 5.60 Å². The SMILES string of the molecule is COc1cc(C(=O)NC[C@](C)(O)c2ccccc2Cl)on1. The van der Waals surface area contributed by atoms with E-state index in [9.17, 15) is 9.90 Å². The maximum atomic E-state index is 11.9. The van der Waals surface area contributed by atoms with Gasteiger partial charge in [0.25, 0.3) is 11.8 Å². The highest BCUT2D eigenvalue weighted by Gasteiger charge is 2.27. The molecule has 7 heteroatoms. The summed E-state index contributed by atoms with van der Waals surface area (Å²) in [6.45, 7) is 1.54. The minimum atomic E-state index is -1.31. The van der Waals surface area contributed by atoms with E-state index in [1.54, 1.807) is 31.2 Å². The van der Waals surface area contributed by atoms with Crippen molar-refractivity contribution in [1.29, 1.82) is 0 Å². The van der Waals surface area contributed by atoms with Crippen LogP contribution in [0.4, 0.5) is 0 Å². The standard InChI is InChI=1S/C14H15ClN2O4/c1-14(19,9-5-3-4-6-10(9)15)8-16-13(18)11-7-12(20-2)17-21-11/h3-7,19H,8H2,1-2H3,(H,16,18)/t14-/m0/s1. The number of ether oxygens (including phenoxy) is 1. The number of hydrogen-bond acceptors (Lipinski definition) is 5. The third-order valence-electron chi connectivity index (χ3n) is 2.97. The summed E-state index contributed by atoms with van der Waals surface area (Å²) in [5, 5.41) is 17.0. The van der Waals surface area contributed by atoms with Crippen LogP contribution in [0.15, 0.2) is 34.9 Å². The number of aliphatic hydroxyl groups is 1. The largest absolute Gasteiger partial charge is 0.479 e. The monoisotopic (exact) mass is 310 g/mol.